The maximum atomic E-state index is 12.1. The standard InChI is InChI=1S/C15H15BrN2O2/c1-10-5-12(8-13(16)6-10)15(19)18-9-11-3-4-17-14(7-11)20-2/h3-8H,9H2,1-2H3,(H,18,19). The lowest BCUT2D eigenvalue weighted by Crippen LogP contribution is -2.22. The summed E-state index contributed by atoms with van der Waals surface area (Å²) in [5, 5.41) is 2.88. The van der Waals surface area contributed by atoms with Crippen LogP contribution in [-0.4, -0.2) is 18.0 Å². The molecule has 0 saturated carbocycles. The van der Waals surface area contributed by atoms with Gasteiger partial charge in [-0.25, -0.2) is 4.98 Å². The highest BCUT2D eigenvalue weighted by Crippen LogP contribution is 2.15. The molecule has 1 aromatic carbocycles. The highest BCUT2D eigenvalue weighted by molar-refractivity contribution is 9.10. The van der Waals surface area contributed by atoms with Crippen LogP contribution in [0.3, 0.4) is 0 Å². The molecule has 0 saturated heterocycles. The number of methoxy groups -OCH3 is 1. The number of benzene rings is 1. The lowest BCUT2D eigenvalue weighted by Gasteiger charge is -2.07. The topological polar surface area (TPSA) is 51.2 Å². The van der Waals surface area contributed by atoms with E-state index in [1.807, 2.05) is 25.1 Å². The van der Waals surface area contributed by atoms with E-state index < -0.39 is 0 Å². The molecule has 0 aliphatic carbocycles. The number of rotatable bonds is 4. The molecule has 0 radical (unpaired) electrons. The van der Waals surface area contributed by atoms with Gasteiger partial charge in [-0.05, 0) is 42.3 Å². The zero-order valence-corrected chi connectivity index (χ0v) is 12.9. The quantitative estimate of drug-likeness (QED) is 0.934. The molecule has 20 heavy (non-hydrogen) atoms. The molecule has 1 amide bonds. The number of pyridine rings is 1. The van der Waals surface area contributed by atoms with Crippen LogP contribution in [0.2, 0.25) is 0 Å². The number of carbonyl (C=O) groups is 1. The summed E-state index contributed by atoms with van der Waals surface area (Å²) in [5.41, 5.74) is 2.62. The monoisotopic (exact) mass is 334 g/mol. The summed E-state index contributed by atoms with van der Waals surface area (Å²) in [6.07, 6.45) is 1.66. The summed E-state index contributed by atoms with van der Waals surface area (Å²) < 4.78 is 5.94. The lowest BCUT2D eigenvalue weighted by molar-refractivity contribution is 0.0950. The van der Waals surface area contributed by atoms with Crippen LogP contribution in [0.15, 0.2) is 41.0 Å². The van der Waals surface area contributed by atoms with Crippen LogP contribution in [0.1, 0.15) is 21.5 Å². The zero-order chi connectivity index (χ0) is 14.5. The number of aromatic nitrogens is 1. The van der Waals surface area contributed by atoms with Crippen molar-refractivity contribution >= 4 is 21.8 Å². The van der Waals surface area contributed by atoms with Gasteiger partial charge in [0.05, 0.1) is 7.11 Å². The average Bonchev–Trinajstić information content (AvgIpc) is 2.44. The number of hydrogen-bond acceptors (Lipinski definition) is 3. The second-order valence-electron chi connectivity index (χ2n) is 4.41. The minimum absolute atomic E-state index is 0.106. The first-order valence-electron chi connectivity index (χ1n) is 6.13. The number of nitrogens with zero attached hydrogens (tertiary/aromatic N) is 1. The molecule has 5 heteroatoms. The third-order valence-corrected chi connectivity index (χ3v) is 3.22. The van der Waals surface area contributed by atoms with E-state index in [9.17, 15) is 4.79 Å². The highest BCUT2D eigenvalue weighted by atomic mass is 79.9. The van der Waals surface area contributed by atoms with Crippen LogP contribution in [-0.2, 0) is 6.54 Å². The number of hydrogen-bond donors (Lipinski definition) is 1. The summed E-state index contributed by atoms with van der Waals surface area (Å²) in [4.78, 5) is 16.1. The zero-order valence-electron chi connectivity index (χ0n) is 11.3. The van der Waals surface area contributed by atoms with Crippen molar-refractivity contribution in [2.45, 2.75) is 13.5 Å². The van der Waals surface area contributed by atoms with Gasteiger partial charge in [-0.2, -0.15) is 0 Å². The molecule has 0 atom stereocenters. The molecule has 4 nitrogen and oxygen atoms in total. The number of ether oxygens (including phenoxy) is 1. The molecule has 1 heterocycles. The van der Waals surface area contributed by atoms with Gasteiger partial charge in [0.2, 0.25) is 5.88 Å². The normalized spacial score (nSPS) is 10.2. The summed E-state index contributed by atoms with van der Waals surface area (Å²) in [7, 11) is 1.56. The van der Waals surface area contributed by atoms with Gasteiger partial charge in [0, 0.05) is 28.8 Å². The van der Waals surface area contributed by atoms with E-state index in [0.29, 0.717) is 18.0 Å². The number of halogens is 1. The highest BCUT2D eigenvalue weighted by Gasteiger charge is 2.07. The van der Waals surface area contributed by atoms with Gasteiger partial charge in [-0.3, -0.25) is 4.79 Å². The maximum Gasteiger partial charge on any atom is 0.251 e. The van der Waals surface area contributed by atoms with E-state index in [2.05, 4.69) is 26.2 Å². The Balaban J connectivity index is 2.04. The fourth-order valence-electron chi connectivity index (χ4n) is 1.82. The largest absolute Gasteiger partial charge is 0.481 e. The van der Waals surface area contributed by atoms with Crippen molar-refractivity contribution in [1.29, 1.82) is 0 Å². The minimum atomic E-state index is -0.106. The molecule has 2 aromatic rings. The van der Waals surface area contributed by atoms with Crippen molar-refractivity contribution in [3.8, 4) is 5.88 Å². The first kappa shape index (κ1) is 14.5. The van der Waals surface area contributed by atoms with Crippen LogP contribution < -0.4 is 10.1 Å². The summed E-state index contributed by atoms with van der Waals surface area (Å²) in [5.74, 6) is 0.431. The Labute approximate surface area is 126 Å². The van der Waals surface area contributed by atoms with Crippen LogP contribution in [0.25, 0.3) is 0 Å². The van der Waals surface area contributed by atoms with E-state index >= 15 is 0 Å². The Morgan fingerprint density at radius 1 is 1.35 bits per heavy atom. The molecular formula is C15H15BrN2O2. The molecular weight excluding hydrogens is 320 g/mol. The molecule has 2 rings (SSSR count). The van der Waals surface area contributed by atoms with E-state index in [-0.39, 0.29) is 5.91 Å². The maximum absolute atomic E-state index is 12.1. The van der Waals surface area contributed by atoms with Crippen molar-refractivity contribution < 1.29 is 9.53 Å². The van der Waals surface area contributed by atoms with Crippen molar-refractivity contribution in [1.82, 2.24) is 10.3 Å². The number of carbonyl (C=O) groups excluding carboxylic acids is 1. The van der Waals surface area contributed by atoms with Crippen LogP contribution in [0, 0.1) is 6.92 Å². The summed E-state index contributed by atoms with van der Waals surface area (Å²) in [6, 6.07) is 9.26. The Kier molecular flexibility index (Phi) is 4.74. The molecule has 1 aromatic heterocycles. The molecule has 0 bridgehead atoms. The Hall–Kier alpha value is -1.88. The molecule has 0 unspecified atom stereocenters. The summed E-state index contributed by atoms with van der Waals surface area (Å²) >= 11 is 3.39. The molecule has 1 N–H and O–H groups in total. The van der Waals surface area contributed by atoms with E-state index in [4.69, 9.17) is 4.74 Å². The van der Waals surface area contributed by atoms with Crippen LogP contribution in [0.5, 0.6) is 5.88 Å². The van der Waals surface area contributed by atoms with Gasteiger partial charge in [-0.15, -0.1) is 0 Å². The van der Waals surface area contributed by atoms with E-state index in [1.165, 1.54) is 0 Å². The second-order valence-corrected chi connectivity index (χ2v) is 5.32. The number of amides is 1. The third kappa shape index (κ3) is 3.81. The fourth-order valence-corrected chi connectivity index (χ4v) is 2.43. The van der Waals surface area contributed by atoms with Crippen molar-refractivity contribution in [2.75, 3.05) is 7.11 Å². The molecule has 0 aliphatic heterocycles. The Morgan fingerprint density at radius 2 is 2.15 bits per heavy atom. The van der Waals surface area contributed by atoms with Gasteiger partial charge in [0.15, 0.2) is 0 Å². The van der Waals surface area contributed by atoms with Crippen LogP contribution in [0.4, 0.5) is 0 Å². The van der Waals surface area contributed by atoms with Crippen molar-refractivity contribution in [2.24, 2.45) is 0 Å². The van der Waals surface area contributed by atoms with Gasteiger partial charge >= 0.3 is 0 Å². The smallest absolute Gasteiger partial charge is 0.251 e. The number of nitrogens with one attached hydrogen (secondary N) is 1. The predicted octanol–water partition coefficient (Wildman–Crippen LogP) is 3.09. The van der Waals surface area contributed by atoms with Gasteiger partial charge in [0.25, 0.3) is 5.91 Å². The SMILES string of the molecule is COc1cc(CNC(=O)c2cc(C)cc(Br)c2)ccn1. The molecule has 104 valence electrons. The fraction of sp³-hybridized carbons (Fsp3) is 0.200. The Morgan fingerprint density at radius 3 is 2.85 bits per heavy atom. The molecule has 0 fully saturated rings. The van der Waals surface area contributed by atoms with Crippen molar-refractivity contribution in [3.05, 3.63) is 57.7 Å². The Bertz CT molecular complexity index is 609. The van der Waals surface area contributed by atoms with Crippen LogP contribution >= 0.6 is 15.9 Å². The van der Waals surface area contributed by atoms with E-state index in [1.54, 1.807) is 25.4 Å². The van der Waals surface area contributed by atoms with Gasteiger partial charge in [0.1, 0.15) is 0 Å². The first-order valence-corrected chi connectivity index (χ1v) is 6.92. The average molecular weight is 335 g/mol. The van der Waals surface area contributed by atoms with E-state index in [0.717, 1.165) is 15.6 Å². The third-order valence-electron chi connectivity index (χ3n) is 2.77. The molecule has 0 spiro atoms. The second kappa shape index (κ2) is 6.52. The summed E-state index contributed by atoms with van der Waals surface area (Å²) in [6.45, 7) is 2.39. The van der Waals surface area contributed by atoms with Gasteiger partial charge < -0.3 is 10.1 Å². The molecule has 0 aliphatic rings. The number of aryl methyl sites for hydroxylation is 1. The van der Waals surface area contributed by atoms with Crippen molar-refractivity contribution in [3.63, 3.8) is 0 Å². The predicted molar refractivity (Wildman–Crippen MR) is 80.8 cm³/mol. The first-order chi connectivity index (χ1) is 9.58. The minimum Gasteiger partial charge on any atom is -0.481 e. The lowest BCUT2D eigenvalue weighted by atomic mass is 10.1. The van der Waals surface area contributed by atoms with Gasteiger partial charge in [-0.1, -0.05) is 15.9 Å².